The highest BCUT2D eigenvalue weighted by Gasteiger charge is 2.02. The van der Waals surface area contributed by atoms with Gasteiger partial charge in [-0.05, 0) is 11.6 Å². The molecule has 0 amide bonds. The first kappa shape index (κ1) is 11.7. The Morgan fingerprint density at radius 2 is 2.29 bits per heavy atom. The summed E-state index contributed by atoms with van der Waals surface area (Å²) in [5, 5.41) is 11.5. The van der Waals surface area contributed by atoms with Crippen LogP contribution in [0.4, 0.5) is 0 Å². The van der Waals surface area contributed by atoms with Crippen LogP contribution in [0.15, 0.2) is 30.7 Å². The van der Waals surface area contributed by atoms with Crippen molar-refractivity contribution in [1.82, 2.24) is 25.3 Å². The van der Waals surface area contributed by atoms with E-state index in [1.165, 1.54) is 0 Å². The molecular weight excluding hydrogens is 214 g/mol. The molecule has 2 heterocycles. The van der Waals surface area contributed by atoms with Crippen LogP contribution in [-0.2, 0) is 13.1 Å². The van der Waals surface area contributed by atoms with Crippen molar-refractivity contribution in [3.8, 4) is 0 Å². The van der Waals surface area contributed by atoms with Gasteiger partial charge < -0.3 is 5.32 Å². The van der Waals surface area contributed by atoms with Crippen LogP contribution in [0.3, 0.4) is 0 Å². The molecule has 0 aromatic carbocycles. The van der Waals surface area contributed by atoms with E-state index >= 15 is 0 Å². The summed E-state index contributed by atoms with van der Waals surface area (Å²) in [4.78, 5) is 4.07. The summed E-state index contributed by atoms with van der Waals surface area (Å²) in [5.74, 6) is 0. The summed E-state index contributed by atoms with van der Waals surface area (Å²) >= 11 is 0. The molecule has 0 aliphatic carbocycles. The highest BCUT2D eigenvalue weighted by molar-refractivity contribution is 5.09. The molecule has 2 rings (SSSR count). The molecule has 5 heteroatoms. The second-order valence-electron chi connectivity index (χ2n) is 4.30. The van der Waals surface area contributed by atoms with Gasteiger partial charge in [-0.3, -0.25) is 4.98 Å². The maximum Gasteiger partial charge on any atom is 0.0965 e. The van der Waals surface area contributed by atoms with Gasteiger partial charge in [0.1, 0.15) is 0 Å². The molecule has 0 aliphatic rings. The summed E-state index contributed by atoms with van der Waals surface area (Å²) in [6.07, 6.45) is 5.57. The van der Waals surface area contributed by atoms with Gasteiger partial charge in [0.15, 0.2) is 0 Å². The van der Waals surface area contributed by atoms with E-state index in [4.69, 9.17) is 0 Å². The normalized spacial score (nSPS) is 11.0. The van der Waals surface area contributed by atoms with Crippen LogP contribution in [0.1, 0.15) is 25.1 Å². The van der Waals surface area contributed by atoms with Crippen LogP contribution in [0.25, 0.3) is 0 Å². The van der Waals surface area contributed by atoms with Crippen LogP contribution < -0.4 is 5.32 Å². The zero-order chi connectivity index (χ0) is 12.1. The van der Waals surface area contributed by atoms with Crippen molar-refractivity contribution >= 4 is 0 Å². The van der Waals surface area contributed by atoms with Crippen LogP contribution in [0.5, 0.6) is 0 Å². The third kappa shape index (κ3) is 3.64. The molecule has 0 unspecified atom stereocenters. The SMILES string of the molecule is CC(C)NCc1cn(Cc2cccnc2)nn1. The maximum atomic E-state index is 4.11. The minimum atomic E-state index is 0.457. The highest BCUT2D eigenvalue weighted by atomic mass is 15.4. The fraction of sp³-hybridized carbons (Fsp3) is 0.417. The van der Waals surface area contributed by atoms with Crippen LogP contribution in [0, 0.1) is 0 Å². The molecule has 2 aromatic rings. The summed E-state index contributed by atoms with van der Waals surface area (Å²) in [6, 6.07) is 4.41. The number of pyridine rings is 1. The second-order valence-corrected chi connectivity index (χ2v) is 4.30. The van der Waals surface area contributed by atoms with Crippen LogP contribution in [0.2, 0.25) is 0 Å². The van der Waals surface area contributed by atoms with Crippen LogP contribution >= 0.6 is 0 Å². The smallest absolute Gasteiger partial charge is 0.0965 e. The van der Waals surface area contributed by atoms with Gasteiger partial charge in [-0.2, -0.15) is 0 Å². The molecule has 0 fully saturated rings. The number of nitrogens with one attached hydrogen (secondary N) is 1. The third-order valence-corrected chi connectivity index (χ3v) is 2.34. The summed E-state index contributed by atoms with van der Waals surface area (Å²) in [5.41, 5.74) is 2.09. The van der Waals surface area contributed by atoms with Crippen LogP contribution in [-0.4, -0.2) is 26.0 Å². The Morgan fingerprint density at radius 3 is 3.00 bits per heavy atom. The van der Waals surface area contributed by atoms with E-state index in [1.807, 2.05) is 29.2 Å². The second kappa shape index (κ2) is 5.54. The highest BCUT2D eigenvalue weighted by Crippen LogP contribution is 2.00. The first-order valence-electron chi connectivity index (χ1n) is 5.75. The molecule has 0 spiro atoms. The van der Waals surface area contributed by atoms with E-state index in [2.05, 4.69) is 34.5 Å². The maximum absolute atomic E-state index is 4.11. The van der Waals surface area contributed by atoms with E-state index in [-0.39, 0.29) is 0 Å². The lowest BCUT2D eigenvalue weighted by atomic mass is 10.3. The molecule has 5 nitrogen and oxygen atoms in total. The molecule has 17 heavy (non-hydrogen) atoms. The molecule has 0 saturated carbocycles. The topological polar surface area (TPSA) is 55.6 Å². The van der Waals surface area contributed by atoms with Crippen molar-refractivity contribution in [2.45, 2.75) is 33.0 Å². The summed E-state index contributed by atoms with van der Waals surface area (Å²) < 4.78 is 1.83. The van der Waals surface area contributed by atoms with E-state index in [9.17, 15) is 0 Å². The summed E-state index contributed by atoms with van der Waals surface area (Å²) in [6.45, 7) is 5.69. The molecular formula is C12H17N5. The van der Waals surface area contributed by atoms with Gasteiger partial charge in [0.05, 0.1) is 18.4 Å². The third-order valence-electron chi connectivity index (χ3n) is 2.34. The molecule has 0 radical (unpaired) electrons. The lowest BCUT2D eigenvalue weighted by molar-refractivity contribution is 0.580. The van der Waals surface area contributed by atoms with E-state index in [0.29, 0.717) is 12.6 Å². The van der Waals surface area contributed by atoms with E-state index < -0.39 is 0 Å². The minimum Gasteiger partial charge on any atom is -0.309 e. The largest absolute Gasteiger partial charge is 0.309 e. The molecule has 2 aromatic heterocycles. The van der Waals surface area contributed by atoms with Gasteiger partial charge in [0.25, 0.3) is 0 Å². The average molecular weight is 231 g/mol. The Labute approximate surface area is 101 Å². The predicted octanol–water partition coefficient (Wildman–Crippen LogP) is 1.22. The average Bonchev–Trinajstić information content (AvgIpc) is 2.75. The number of rotatable bonds is 5. The fourth-order valence-corrected chi connectivity index (χ4v) is 1.48. The Bertz CT molecular complexity index is 449. The van der Waals surface area contributed by atoms with Gasteiger partial charge in [0.2, 0.25) is 0 Å². The Kier molecular flexibility index (Phi) is 3.82. The molecule has 1 N–H and O–H groups in total. The Hall–Kier alpha value is -1.75. The Balaban J connectivity index is 1.94. The molecule has 0 aliphatic heterocycles. The van der Waals surface area contributed by atoms with Crippen molar-refractivity contribution in [2.24, 2.45) is 0 Å². The molecule has 90 valence electrons. The molecule has 0 atom stereocenters. The van der Waals surface area contributed by atoms with Gasteiger partial charge >= 0.3 is 0 Å². The monoisotopic (exact) mass is 231 g/mol. The molecule has 0 saturated heterocycles. The first-order valence-corrected chi connectivity index (χ1v) is 5.75. The zero-order valence-electron chi connectivity index (χ0n) is 10.2. The lowest BCUT2D eigenvalue weighted by Crippen LogP contribution is -2.21. The number of nitrogens with zero attached hydrogens (tertiary/aromatic N) is 4. The van der Waals surface area contributed by atoms with E-state index in [0.717, 1.165) is 17.8 Å². The van der Waals surface area contributed by atoms with Crippen molar-refractivity contribution < 1.29 is 0 Å². The van der Waals surface area contributed by atoms with Crippen molar-refractivity contribution in [3.63, 3.8) is 0 Å². The minimum absolute atomic E-state index is 0.457. The van der Waals surface area contributed by atoms with E-state index in [1.54, 1.807) is 6.20 Å². The fourth-order valence-electron chi connectivity index (χ4n) is 1.48. The number of hydrogen-bond donors (Lipinski definition) is 1. The van der Waals surface area contributed by atoms with Crippen molar-refractivity contribution in [3.05, 3.63) is 42.0 Å². The van der Waals surface area contributed by atoms with Gasteiger partial charge in [-0.15, -0.1) is 5.10 Å². The zero-order valence-corrected chi connectivity index (χ0v) is 10.2. The quantitative estimate of drug-likeness (QED) is 0.840. The van der Waals surface area contributed by atoms with Gasteiger partial charge in [-0.25, -0.2) is 4.68 Å². The predicted molar refractivity (Wildman–Crippen MR) is 65.3 cm³/mol. The Morgan fingerprint density at radius 1 is 1.41 bits per heavy atom. The van der Waals surface area contributed by atoms with Crippen molar-refractivity contribution in [2.75, 3.05) is 0 Å². The number of aromatic nitrogens is 4. The first-order chi connectivity index (χ1) is 8.24. The van der Waals surface area contributed by atoms with Gasteiger partial charge in [-0.1, -0.05) is 25.1 Å². The standard InChI is InChI=1S/C12H17N5/c1-10(2)14-7-12-9-17(16-15-12)8-11-4-3-5-13-6-11/h3-6,9-10,14H,7-8H2,1-2H3. The van der Waals surface area contributed by atoms with Gasteiger partial charge in [0, 0.05) is 25.0 Å². The lowest BCUT2D eigenvalue weighted by Gasteiger charge is -2.04. The number of hydrogen-bond acceptors (Lipinski definition) is 4. The molecule has 0 bridgehead atoms. The summed E-state index contributed by atoms with van der Waals surface area (Å²) in [7, 11) is 0. The van der Waals surface area contributed by atoms with Crippen molar-refractivity contribution in [1.29, 1.82) is 0 Å².